The van der Waals surface area contributed by atoms with Gasteiger partial charge in [-0.25, -0.2) is 4.79 Å². The predicted octanol–water partition coefficient (Wildman–Crippen LogP) is 2.61. The highest BCUT2D eigenvalue weighted by Gasteiger charge is 2.40. The summed E-state index contributed by atoms with van der Waals surface area (Å²) >= 11 is 7.22. The molecule has 0 aromatic heterocycles. The fraction of sp³-hybridized carbons (Fsp3) is 0.438. The first-order valence-electron chi connectivity index (χ1n) is 7.68. The van der Waals surface area contributed by atoms with Crippen molar-refractivity contribution in [2.75, 3.05) is 5.32 Å². The Morgan fingerprint density at radius 3 is 2.79 bits per heavy atom. The summed E-state index contributed by atoms with van der Waals surface area (Å²) in [7, 11) is 0. The highest BCUT2D eigenvalue weighted by molar-refractivity contribution is 8.01. The monoisotopic (exact) mass is 368 g/mol. The molecular formula is C16H17ClN2O4S. The standard InChI is InChI=1S/C16H17ClN2O4S/c1-8(16(22)23)19(10-3-4-10)14(20)7-13-15(21)18-11-6-9(17)2-5-12(11)24-13/h2,5-6,8,10,13H,3-4,7H2,1H3,(H,18,21)(H,22,23). The molecule has 6 nitrogen and oxygen atoms in total. The van der Waals surface area contributed by atoms with Gasteiger partial charge in [0.25, 0.3) is 0 Å². The summed E-state index contributed by atoms with van der Waals surface area (Å²) in [6, 6.07) is 4.30. The molecule has 1 aliphatic heterocycles. The molecule has 2 aliphatic rings. The first-order chi connectivity index (χ1) is 11.4. The quantitative estimate of drug-likeness (QED) is 0.834. The van der Waals surface area contributed by atoms with Crippen molar-refractivity contribution >= 4 is 46.8 Å². The van der Waals surface area contributed by atoms with Crippen molar-refractivity contribution in [2.24, 2.45) is 0 Å². The molecule has 2 atom stereocenters. The number of hydrogen-bond acceptors (Lipinski definition) is 4. The fourth-order valence-electron chi connectivity index (χ4n) is 2.73. The molecule has 0 bridgehead atoms. The van der Waals surface area contributed by atoms with E-state index in [2.05, 4.69) is 5.32 Å². The molecule has 128 valence electrons. The molecule has 1 heterocycles. The van der Waals surface area contributed by atoms with Crippen molar-refractivity contribution < 1.29 is 19.5 Å². The van der Waals surface area contributed by atoms with Gasteiger partial charge in [-0.1, -0.05) is 11.6 Å². The second kappa shape index (κ2) is 6.64. The van der Waals surface area contributed by atoms with Crippen LogP contribution in [0.15, 0.2) is 23.1 Å². The molecule has 2 N–H and O–H groups in total. The minimum absolute atomic E-state index is 0.0211. The zero-order valence-electron chi connectivity index (χ0n) is 13.0. The molecule has 1 aromatic carbocycles. The van der Waals surface area contributed by atoms with Gasteiger partial charge in [0, 0.05) is 22.4 Å². The molecular weight excluding hydrogens is 352 g/mol. The van der Waals surface area contributed by atoms with Crippen molar-refractivity contribution in [1.29, 1.82) is 0 Å². The third kappa shape index (κ3) is 3.52. The molecule has 1 fully saturated rings. The van der Waals surface area contributed by atoms with Crippen LogP contribution in [0, 0.1) is 0 Å². The molecule has 24 heavy (non-hydrogen) atoms. The molecule has 2 amide bonds. The number of nitrogens with one attached hydrogen (secondary N) is 1. The van der Waals surface area contributed by atoms with E-state index in [1.54, 1.807) is 18.2 Å². The Balaban J connectivity index is 1.73. The maximum atomic E-state index is 12.6. The Bertz CT molecular complexity index is 707. The molecule has 0 saturated heterocycles. The average Bonchev–Trinajstić information content (AvgIpc) is 3.33. The Morgan fingerprint density at radius 1 is 1.46 bits per heavy atom. The maximum absolute atomic E-state index is 12.6. The summed E-state index contributed by atoms with van der Waals surface area (Å²) in [4.78, 5) is 38.3. The number of hydrogen-bond donors (Lipinski definition) is 2. The number of amides is 2. The van der Waals surface area contributed by atoms with Crippen molar-refractivity contribution in [3.05, 3.63) is 23.2 Å². The number of fused-ring (bicyclic) bond motifs is 1. The molecule has 1 aliphatic carbocycles. The van der Waals surface area contributed by atoms with Crippen LogP contribution in [0.4, 0.5) is 5.69 Å². The van der Waals surface area contributed by atoms with E-state index in [-0.39, 0.29) is 24.3 Å². The van der Waals surface area contributed by atoms with E-state index >= 15 is 0 Å². The van der Waals surface area contributed by atoms with Crippen molar-refractivity contribution in [3.8, 4) is 0 Å². The van der Waals surface area contributed by atoms with E-state index in [9.17, 15) is 19.5 Å². The number of anilines is 1. The molecule has 2 unspecified atom stereocenters. The van der Waals surface area contributed by atoms with Gasteiger partial charge in [0.15, 0.2) is 0 Å². The number of halogens is 1. The molecule has 1 saturated carbocycles. The summed E-state index contributed by atoms with van der Waals surface area (Å²) in [6.07, 6.45) is 1.61. The van der Waals surface area contributed by atoms with Gasteiger partial charge < -0.3 is 15.3 Å². The number of aliphatic carboxylic acids is 1. The maximum Gasteiger partial charge on any atom is 0.326 e. The van der Waals surface area contributed by atoms with Crippen LogP contribution in [0.3, 0.4) is 0 Å². The first kappa shape index (κ1) is 17.1. The number of carbonyl (C=O) groups is 3. The largest absolute Gasteiger partial charge is 0.480 e. The van der Waals surface area contributed by atoms with Crippen LogP contribution in [0.1, 0.15) is 26.2 Å². The molecule has 0 radical (unpaired) electrons. The van der Waals surface area contributed by atoms with Crippen LogP contribution < -0.4 is 5.32 Å². The lowest BCUT2D eigenvalue weighted by molar-refractivity contribution is -0.150. The van der Waals surface area contributed by atoms with Gasteiger partial charge in [0.2, 0.25) is 11.8 Å². The van der Waals surface area contributed by atoms with Gasteiger partial charge in [-0.3, -0.25) is 9.59 Å². The number of thioether (sulfide) groups is 1. The highest BCUT2D eigenvalue weighted by Crippen LogP contribution is 2.39. The minimum atomic E-state index is -1.03. The van der Waals surface area contributed by atoms with Crippen LogP contribution >= 0.6 is 23.4 Å². The highest BCUT2D eigenvalue weighted by atomic mass is 35.5. The van der Waals surface area contributed by atoms with E-state index in [1.807, 2.05) is 0 Å². The van der Waals surface area contributed by atoms with Crippen LogP contribution in [-0.2, 0) is 14.4 Å². The van der Waals surface area contributed by atoms with Crippen LogP contribution in [-0.4, -0.2) is 45.1 Å². The second-order valence-electron chi connectivity index (χ2n) is 5.99. The third-order valence-corrected chi connectivity index (χ3v) is 5.63. The topological polar surface area (TPSA) is 86.7 Å². The number of carboxylic acid groups (broad SMARTS) is 1. The van der Waals surface area contributed by atoms with Gasteiger partial charge in [-0.05, 0) is 38.0 Å². The normalized spacial score (nSPS) is 20.8. The van der Waals surface area contributed by atoms with E-state index in [1.165, 1.54) is 23.6 Å². The zero-order chi connectivity index (χ0) is 17.4. The summed E-state index contributed by atoms with van der Waals surface area (Å²) in [5.74, 6) is -1.59. The summed E-state index contributed by atoms with van der Waals surface area (Å²) in [5, 5.41) is 11.9. The van der Waals surface area contributed by atoms with Crippen molar-refractivity contribution in [1.82, 2.24) is 4.90 Å². The Hall–Kier alpha value is -1.73. The lowest BCUT2D eigenvalue weighted by Gasteiger charge is -2.29. The average molecular weight is 369 g/mol. The summed E-state index contributed by atoms with van der Waals surface area (Å²) in [5.41, 5.74) is 0.638. The van der Waals surface area contributed by atoms with E-state index in [0.29, 0.717) is 10.7 Å². The molecule has 3 rings (SSSR count). The second-order valence-corrected chi connectivity index (χ2v) is 7.67. The minimum Gasteiger partial charge on any atom is -0.480 e. The SMILES string of the molecule is CC(C(=O)O)N(C(=O)CC1Sc2ccc(Cl)cc2NC1=O)C1CC1. The lowest BCUT2D eigenvalue weighted by Crippen LogP contribution is -2.46. The summed E-state index contributed by atoms with van der Waals surface area (Å²) < 4.78 is 0. The Morgan fingerprint density at radius 2 is 2.17 bits per heavy atom. The molecule has 8 heteroatoms. The van der Waals surface area contributed by atoms with Crippen molar-refractivity contribution in [2.45, 2.75) is 48.4 Å². The van der Waals surface area contributed by atoms with Gasteiger partial charge >= 0.3 is 5.97 Å². The molecule has 0 spiro atoms. The predicted molar refractivity (Wildman–Crippen MR) is 91.3 cm³/mol. The van der Waals surface area contributed by atoms with Crippen LogP contribution in [0.5, 0.6) is 0 Å². The van der Waals surface area contributed by atoms with Crippen molar-refractivity contribution in [3.63, 3.8) is 0 Å². The van der Waals surface area contributed by atoms with Gasteiger partial charge in [0.1, 0.15) is 6.04 Å². The molecule has 1 aromatic rings. The summed E-state index contributed by atoms with van der Waals surface area (Å²) in [6.45, 7) is 1.50. The number of nitrogens with zero attached hydrogens (tertiary/aromatic N) is 1. The van der Waals surface area contributed by atoms with E-state index < -0.39 is 17.3 Å². The smallest absolute Gasteiger partial charge is 0.326 e. The number of benzene rings is 1. The van der Waals surface area contributed by atoms with Gasteiger partial charge in [0.05, 0.1) is 10.9 Å². The van der Waals surface area contributed by atoms with Crippen LogP contribution in [0.2, 0.25) is 5.02 Å². The third-order valence-electron chi connectivity index (χ3n) is 4.12. The lowest BCUT2D eigenvalue weighted by atomic mass is 10.2. The fourth-order valence-corrected chi connectivity index (χ4v) is 3.98. The van der Waals surface area contributed by atoms with Crippen LogP contribution in [0.25, 0.3) is 0 Å². The first-order valence-corrected chi connectivity index (χ1v) is 8.93. The Kier molecular flexibility index (Phi) is 4.73. The number of carbonyl (C=O) groups excluding carboxylic acids is 2. The number of carboxylic acids is 1. The van der Waals surface area contributed by atoms with Gasteiger partial charge in [-0.2, -0.15) is 0 Å². The number of rotatable bonds is 5. The zero-order valence-corrected chi connectivity index (χ0v) is 14.6. The Labute approximate surface area is 148 Å². The van der Waals surface area contributed by atoms with E-state index in [0.717, 1.165) is 17.7 Å². The van der Waals surface area contributed by atoms with E-state index in [4.69, 9.17) is 11.6 Å². The van der Waals surface area contributed by atoms with Gasteiger partial charge in [-0.15, -0.1) is 11.8 Å².